The predicted octanol–water partition coefficient (Wildman–Crippen LogP) is 6.15. The Hall–Kier alpha value is -2.80. The highest BCUT2D eigenvalue weighted by Gasteiger charge is 2.20. The van der Waals surface area contributed by atoms with Gasteiger partial charge in [0.15, 0.2) is 4.98 Å². The fourth-order valence-corrected chi connectivity index (χ4v) is 2.89. The summed E-state index contributed by atoms with van der Waals surface area (Å²) in [5, 5.41) is 8.91. The molecule has 2 aromatic rings. The summed E-state index contributed by atoms with van der Waals surface area (Å²) in [6.45, 7) is 3.97. The number of ether oxygens (including phenoxy) is 1. The molecule has 0 aliphatic rings. The van der Waals surface area contributed by atoms with Crippen LogP contribution in [0.25, 0.3) is 4.98 Å². The molecule has 28 heavy (non-hydrogen) atoms. The Labute approximate surface area is 164 Å². The molecule has 10 heteroatoms. The first-order valence-electron chi connectivity index (χ1n) is 8.06. The predicted molar refractivity (Wildman–Crippen MR) is 104 cm³/mol. The lowest BCUT2D eigenvalue weighted by Gasteiger charge is -2.08. The second-order valence-electron chi connectivity index (χ2n) is 5.21. The van der Waals surface area contributed by atoms with Gasteiger partial charge in [0.25, 0.3) is 0 Å². The maximum atomic E-state index is 12.4. The highest BCUT2D eigenvalue weighted by atomic mass is 32.2. The fraction of sp³-hybridized carbons (Fsp3) is 0.167. The van der Waals surface area contributed by atoms with Crippen LogP contribution in [0, 0.1) is 5.39 Å². The highest BCUT2D eigenvalue weighted by molar-refractivity contribution is 8.14. The number of aryl methyl sites for hydroxylation is 1. The summed E-state index contributed by atoms with van der Waals surface area (Å²) in [5.41, 5.74) is 2.00. The standard InChI is InChI=1S/C18H17N2O2S.BF4/c1-2-12-22-17-10-6-4-8-15(17)18(21)23-13-11-14-7-3-5-9-16(14)20-19;2-1(3,4)5/h2-10H,1,11-13H2;/q+1;-1. The molecule has 0 aliphatic heterocycles. The van der Waals surface area contributed by atoms with Gasteiger partial charge in [-0.2, -0.15) is 0 Å². The SMILES string of the molecule is C=CCOc1ccccc1C(=O)SCCc1ccccc1[N+]#N.F[B-](F)(F)F. The van der Waals surface area contributed by atoms with Gasteiger partial charge in [-0.1, -0.05) is 54.7 Å². The minimum atomic E-state index is -6.00. The Morgan fingerprint density at radius 2 is 1.75 bits per heavy atom. The molecule has 0 saturated carbocycles. The van der Waals surface area contributed by atoms with E-state index in [0.717, 1.165) is 5.56 Å². The van der Waals surface area contributed by atoms with E-state index in [1.165, 1.54) is 11.8 Å². The van der Waals surface area contributed by atoms with Crippen LogP contribution in [-0.2, 0) is 6.42 Å². The van der Waals surface area contributed by atoms with Gasteiger partial charge in [0.2, 0.25) is 10.5 Å². The fourth-order valence-electron chi connectivity index (χ4n) is 2.06. The molecule has 0 saturated heterocycles. The van der Waals surface area contributed by atoms with Crippen molar-refractivity contribution < 1.29 is 26.8 Å². The second-order valence-corrected chi connectivity index (χ2v) is 6.27. The van der Waals surface area contributed by atoms with E-state index in [9.17, 15) is 22.1 Å². The van der Waals surface area contributed by atoms with Crippen LogP contribution < -0.4 is 4.74 Å². The molecular weight excluding hydrogens is 395 g/mol. The monoisotopic (exact) mass is 412 g/mol. The van der Waals surface area contributed by atoms with Crippen molar-refractivity contribution in [2.24, 2.45) is 0 Å². The van der Waals surface area contributed by atoms with E-state index in [2.05, 4.69) is 11.6 Å². The Morgan fingerprint density at radius 3 is 2.39 bits per heavy atom. The van der Waals surface area contributed by atoms with Crippen LogP contribution in [-0.4, -0.2) is 24.7 Å². The quantitative estimate of drug-likeness (QED) is 0.237. The molecule has 0 radical (unpaired) electrons. The zero-order chi connectivity index (χ0) is 21.0. The van der Waals surface area contributed by atoms with Gasteiger partial charge in [0.05, 0.1) is 5.56 Å². The third-order valence-corrected chi connectivity index (χ3v) is 4.06. The number of hydrogen-bond donors (Lipinski definition) is 0. The van der Waals surface area contributed by atoms with E-state index < -0.39 is 7.25 Å². The summed E-state index contributed by atoms with van der Waals surface area (Å²) in [7, 11) is -6.00. The number of benzene rings is 2. The lowest BCUT2D eigenvalue weighted by molar-refractivity contribution is 0.108. The van der Waals surface area contributed by atoms with E-state index in [-0.39, 0.29) is 5.12 Å². The van der Waals surface area contributed by atoms with Gasteiger partial charge in [0.1, 0.15) is 12.4 Å². The van der Waals surface area contributed by atoms with Crippen molar-refractivity contribution in [2.45, 2.75) is 6.42 Å². The van der Waals surface area contributed by atoms with Gasteiger partial charge >= 0.3 is 12.9 Å². The van der Waals surface area contributed by atoms with Crippen LogP contribution in [0.2, 0.25) is 0 Å². The van der Waals surface area contributed by atoms with E-state index in [0.29, 0.717) is 35.8 Å². The molecular formula is C18H17BF4N2O2S. The van der Waals surface area contributed by atoms with Crippen molar-refractivity contribution in [3.05, 3.63) is 77.3 Å². The van der Waals surface area contributed by atoms with Gasteiger partial charge in [-0.25, -0.2) is 0 Å². The van der Waals surface area contributed by atoms with Gasteiger partial charge < -0.3 is 22.0 Å². The first-order chi connectivity index (χ1) is 13.3. The normalized spacial score (nSPS) is 10.2. The zero-order valence-corrected chi connectivity index (χ0v) is 15.5. The Kier molecular flexibility index (Phi) is 9.81. The summed E-state index contributed by atoms with van der Waals surface area (Å²) in [5.74, 6) is 1.16. The first-order valence-corrected chi connectivity index (χ1v) is 9.05. The van der Waals surface area contributed by atoms with Gasteiger partial charge in [-0.05, 0) is 18.6 Å². The Balaban J connectivity index is 0.000000696. The second kappa shape index (κ2) is 11.8. The molecule has 0 aliphatic carbocycles. The number of nitrogens with zero attached hydrogens (tertiary/aromatic N) is 2. The average molecular weight is 412 g/mol. The van der Waals surface area contributed by atoms with Crippen LogP contribution in [0.1, 0.15) is 15.9 Å². The lowest BCUT2D eigenvalue weighted by atomic mass is 10.1. The number of para-hydroxylation sites is 1. The minimum Gasteiger partial charge on any atom is -0.489 e. The Morgan fingerprint density at radius 1 is 1.14 bits per heavy atom. The van der Waals surface area contributed by atoms with Gasteiger partial charge in [-0.3, -0.25) is 4.79 Å². The van der Waals surface area contributed by atoms with Crippen LogP contribution in [0.5, 0.6) is 5.75 Å². The molecule has 2 rings (SSSR count). The molecule has 0 spiro atoms. The van der Waals surface area contributed by atoms with Crippen molar-refractivity contribution >= 4 is 29.8 Å². The molecule has 4 nitrogen and oxygen atoms in total. The molecule has 0 aromatic heterocycles. The molecule has 0 N–H and O–H groups in total. The van der Waals surface area contributed by atoms with E-state index in [1.54, 1.807) is 24.3 Å². The third-order valence-electron chi connectivity index (χ3n) is 3.17. The number of thioether (sulfide) groups is 1. The van der Waals surface area contributed by atoms with Crippen molar-refractivity contribution in [2.75, 3.05) is 12.4 Å². The Bertz CT molecular complexity index is 835. The maximum absolute atomic E-state index is 12.4. The van der Waals surface area contributed by atoms with Crippen molar-refractivity contribution in [1.29, 1.82) is 5.39 Å². The summed E-state index contributed by atoms with van der Waals surface area (Å²) in [6, 6.07) is 14.5. The molecule has 0 bridgehead atoms. The minimum absolute atomic E-state index is 0.0388. The third kappa shape index (κ3) is 9.23. The topological polar surface area (TPSA) is 54.5 Å². The largest absolute Gasteiger partial charge is 0.673 e. The number of rotatable bonds is 7. The summed E-state index contributed by atoms with van der Waals surface area (Å²) >= 11 is 1.22. The van der Waals surface area contributed by atoms with Crippen LogP contribution in [0.3, 0.4) is 0 Å². The van der Waals surface area contributed by atoms with Crippen LogP contribution in [0.15, 0.2) is 61.2 Å². The van der Waals surface area contributed by atoms with E-state index >= 15 is 0 Å². The summed E-state index contributed by atoms with van der Waals surface area (Å²) < 4.78 is 44.5. The molecule has 0 unspecified atom stereocenters. The first kappa shape index (κ1) is 23.2. The smallest absolute Gasteiger partial charge is 0.489 e. The number of hydrogen-bond acceptors (Lipinski definition) is 4. The van der Waals surface area contributed by atoms with Crippen LogP contribution in [0.4, 0.5) is 23.0 Å². The number of carbonyl (C=O) groups is 1. The van der Waals surface area contributed by atoms with E-state index in [4.69, 9.17) is 10.1 Å². The van der Waals surface area contributed by atoms with Gasteiger partial charge in [-0.15, -0.1) is 0 Å². The molecule has 0 heterocycles. The summed E-state index contributed by atoms with van der Waals surface area (Å²) in [6.07, 6.45) is 2.29. The summed E-state index contributed by atoms with van der Waals surface area (Å²) in [4.78, 5) is 15.6. The van der Waals surface area contributed by atoms with E-state index in [1.807, 2.05) is 30.3 Å². The molecule has 0 amide bonds. The number of diazo groups is 1. The lowest BCUT2D eigenvalue weighted by Crippen LogP contribution is -2.02. The van der Waals surface area contributed by atoms with Crippen molar-refractivity contribution in [1.82, 2.24) is 0 Å². The number of halogens is 4. The van der Waals surface area contributed by atoms with Crippen LogP contribution >= 0.6 is 11.8 Å². The maximum Gasteiger partial charge on any atom is 0.673 e. The zero-order valence-electron chi connectivity index (χ0n) is 14.7. The number of carbonyl (C=O) groups excluding carboxylic acids is 1. The van der Waals surface area contributed by atoms with Crippen molar-refractivity contribution in [3.63, 3.8) is 0 Å². The van der Waals surface area contributed by atoms with Gasteiger partial charge in [0, 0.05) is 17.4 Å². The average Bonchev–Trinajstić information content (AvgIpc) is 2.65. The highest BCUT2D eigenvalue weighted by Crippen LogP contribution is 2.25. The molecule has 148 valence electrons. The molecule has 0 atom stereocenters. The molecule has 0 fully saturated rings. The molecule has 2 aromatic carbocycles. The van der Waals surface area contributed by atoms with Crippen molar-refractivity contribution in [3.8, 4) is 5.75 Å².